The van der Waals surface area contributed by atoms with Crippen LogP contribution in [0.5, 0.6) is 0 Å². The molecule has 0 spiro atoms. The molecule has 0 radical (unpaired) electrons. The van der Waals surface area contributed by atoms with E-state index in [0.717, 1.165) is 11.1 Å². The first-order chi connectivity index (χ1) is 11.6. The van der Waals surface area contributed by atoms with Crippen LogP contribution in [0.25, 0.3) is 0 Å². The molecule has 1 heterocycles. The Morgan fingerprint density at radius 3 is 2.67 bits per heavy atom. The van der Waals surface area contributed by atoms with E-state index >= 15 is 0 Å². The molecule has 0 aromatic heterocycles. The minimum absolute atomic E-state index is 0.0702. The quantitative estimate of drug-likeness (QED) is 0.926. The number of rotatable bonds is 4. The summed E-state index contributed by atoms with van der Waals surface area (Å²) in [5, 5.41) is 3.46. The van der Waals surface area contributed by atoms with Gasteiger partial charge in [-0.25, -0.2) is 0 Å². The Balaban J connectivity index is 1.64. The zero-order valence-electron chi connectivity index (χ0n) is 13.5. The lowest BCUT2D eigenvalue weighted by Crippen LogP contribution is -2.32. The van der Waals surface area contributed by atoms with Crippen LogP contribution in [0, 0.1) is 12.8 Å². The van der Waals surface area contributed by atoms with Crippen molar-refractivity contribution in [2.45, 2.75) is 19.9 Å². The molecule has 1 unspecified atom stereocenters. The van der Waals surface area contributed by atoms with Crippen molar-refractivity contribution in [1.82, 2.24) is 5.32 Å². The summed E-state index contributed by atoms with van der Waals surface area (Å²) < 4.78 is 0. The highest BCUT2D eigenvalue weighted by Crippen LogP contribution is 2.31. The number of carbonyl (C=O) groups excluding carboxylic acids is 2. The molecule has 2 aromatic carbocycles. The zero-order valence-corrected chi connectivity index (χ0v) is 14.2. The van der Waals surface area contributed by atoms with Crippen molar-refractivity contribution in [1.29, 1.82) is 0 Å². The second-order valence-electron chi connectivity index (χ2n) is 6.00. The standard InChI is InChI=1S/C19H19ClN2O2/c1-13-6-2-3-7-14(13)11-21-19(24)15-10-18(23)22(12-15)17-9-5-4-8-16(17)20/h2-9,15H,10-12H2,1H3,(H,21,24). The molecule has 124 valence electrons. The molecule has 2 aromatic rings. The zero-order chi connectivity index (χ0) is 17.1. The smallest absolute Gasteiger partial charge is 0.227 e. The fourth-order valence-electron chi connectivity index (χ4n) is 2.92. The summed E-state index contributed by atoms with van der Waals surface area (Å²) in [4.78, 5) is 26.3. The van der Waals surface area contributed by atoms with Crippen molar-refractivity contribution in [2.75, 3.05) is 11.4 Å². The predicted molar refractivity (Wildman–Crippen MR) is 94.9 cm³/mol. The Morgan fingerprint density at radius 2 is 1.92 bits per heavy atom. The highest BCUT2D eigenvalue weighted by molar-refractivity contribution is 6.33. The topological polar surface area (TPSA) is 49.4 Å². The minimum atomic E-state index is -0.349. The van der Waals surface area contributed by atoms with Gasteiger partial charge < -0.3 is 10.2 Å². The highest BCUT2D eigenvalue weighted by Gasteiger charge is 2.35. The Kier molecular flexibility index (Phi) is 4.86. The van der Waals surface area contributed by atoms with Crippen LogP contribution in [0.2, 0.25) is 5.02 Å². The van der Waals surface area contributed by atoms with Crippen LogP contribution in [0.4, 0.5) is 5.69 Å². The summed E-state index contributed by atoms with van der Waals surface area (Å²) >= 11 is 6.16. The van der Waals surface area contributed by atoms with E-state index in [1.54, 1.807) is 17.0 Å². The van der Waals surface area contributed by atoms with E-state index in [1.807, 2.05) is 43.3 Å². The molecule has 1 aliphatic heterocycles. The molecule has 1 fully saturated rings. The molecule has 2 amide bonds. The van der Waals surface area contributed by atoms with Crippen molar-refractivity contribution in [3.05, 3.63) is 64.7 Å². The molecule has 3 rings (SSSR count). The summed E-state index contributed by atoms with van der Waals surface area (Å²) in [5.74, 6) is -0.516. The second-order valence-corrected chi connectivity index (χ2v) is 6.41. The normalized spacial score (nSPS) is 17.2. The summed E-state index contributed by atoms with van der Waals surface area (Å²) in [6, 6.07) is 15.1. The summed E-state index contributed by atoms with van der Waals surface area (Å²) in [6.07, 6.45) is 0.213. The van der Waals surface area contributed by atoms with Gasteiger partial charge in [0.05, 0.1) is 16.6 Å². The van der Waals surface area contributed by atoms with Gasteiger partial charge in [0.25, 0.3) is 0 Å². The van der Waals surface area contributed by atoms with Gasteiger partial charge in [-0.15, -0.1) is 0 Å². The Morgan fingerprint density at radius 1 is 1.21 bits per heavy atom. The van der Waals surface area contributed by atoms with Crippen LogP contribution in [0.15, 0.2) is 48.5 Å². The maximum atomic E-state index is 12.4. The molecule has 0 bridgehead atoms. The van der Waals surface area contributed by atoms with Crippen molar-refractivity contribution >= 4 is 29.1 Å². The van der Waals surface area contributed by atoms with Crippen LogP contribution in [0.1, 0.15) is 17.5 Å². The maximum absolute atomic E-state index is 12.4. The van der Waals surface area contributed by atoms with Gasteiger partial charge in [-0.1, -0.05) is 48.0 Å². The van der Waals surface area contributed by atoms with Gasteiger partial charge in [0.15, 0.2) is 0 Å². The average molecular weight is 343 g/mol. The number of nitrogens with one attached hydrogen (secondary N) is 1. The van der Waals surface area contributed by atoms with Gasteiger partial charge in [-0.05, 0) is 30.2 Å². The third-order valence-electron chi connectivity index (χ3n) is 4.35. The van der Waals surface area contributed by atoms with E-state index in [2.05, 4.69) is 5.32 Å². The second kappa shape index (κ2) is 7.05. The minimum Gasteiger partial charge on any atom is -0.352 e. The number of carbonyl (C=O) groups is 2. The Hall–Kier alpha value is -2.33. The van der Waals surface area contributed by atoms with E-state index in [4.69, 9.17) is 11.6 Å². The Bertz CT molecular complexity index is 775. The summed E-state index contributed by atoms with van der Waals surface area (Å²) in [6.45, 7) is 2.85. The van der Waals surface area contributed by atoms with E-state index in [9.17, 15) is 9.59 Å². The van der Waals surface area contributed by atoms with Gasteiger partial charge in [0.2, 0.25) is 11.8 Å². The Labute approximate surface area is 146 Å². The molecule has 0 saturated carbocycles. The van der Waals surface area contributed by atoms with E-state index < -0.39 is 0 Å². The first-order valence-electron chi connectivity index (χ1n) is 7.93. The lowest BCUT2D eigenvalue weighted by Gasteiger charge is -2.18. The maximum Gasteiger partial charge on any atom is 0.227 e. The van der Waals surface area contributed by atoms with Gasteiger partial charge >= 0.3 is 0 Å². The molecular formula is C19H19ClN2O2. The third kappa shape index (κ3) is 3.44. The number of para-hydroxylation sites is 1. The highest BCUT2D eigenvalue weighted by atomic mass is 35.5. The molecular weight excluding hydrogens is 324 g/mol. The molecule has 5 heteroatoms. The van der Waals surface area contributed by atoms with Crippen LogP contribution in [0.3, 0.4) is 0 Å². The number of anilines is 1. The molecule has 0 aliphatic carbocycles. The van der Waals surface area contributed by atoms with Crippen molar-refractivity contribution in [3.63, 3.8) is 0 Å². The van der Waals surface area contributed by atoms with E-state index in [1.165, 1.54) is 0 Å². The lowest BCUT2D eigenvalue weighted by atomic mass is 10.1. The monoisotopic (exact) mass is 342 g/mol. The summed E-state index contributed by atoms with van der Waals surface area (Å²) in [7, 11) is 0. The number of benzene rings is 2. The number of amides is 2. The van der Waals surface area contributed by atoms with Crippen LogP contribution in [-0.2, 0) is 16.1 Å². The number of halogens is 1. The van der Waals surface area contributed by atoms with E-state index in [0.29, 0.717) is 23.8 Å². The largest absolute Gasteiger partial charge is 0.352 e. The van der Waals surface area contributed by atoms with Crippen molar-refractivity contribution in [3.8, 4) is 0 Å². The molecule has 1 atom stereocenters. The first kappa shape index (κ1) is 16.5. The number of hydrogen-bond donors (Lipinski definition) is 1. The van der Waals surface area contributed by atoms with Gasteiger partial charge in [-0.2, -0.15) is 0 Å². The van der Waals surface area contributed by atoms with Crippen LogP contribution < -0.4 is 10.2 Å². The molecule has 24 heavy (non-hydrogen) atoms. The number of aryl methyl sites for hydroxylation is 1. The van der Waals surface area contributed by atoms with E-state index in [-0.39, 0.29) is 24.2 Å². The third-order valence-corrected chi connectivity index (χ3v) is 4.67. The van der Waals surface area contributed by atoms with Gasteiger partial charge in [0, 0.05) is 19.5 Å². The van der Waals surface area contributed by atoms with Crippen molar-refractivity contribution < 1.29 is 9.59 Å². The number of nitrogens with zero attached hydrogens (tertiary/aromatic N) is 1. The molecule has 1 N–H and O–H groups in total. The first-order valence-corrected chi connectivity index (χ1v) is 8.31. The number of hydrogen-bond acceptors (Lipinski definition) is 2. The molecule has 4 nitrogen and oxygen atoms in total. The summed E-state index contributed by atoms with van der Waals surface area (Å²) in [5.41, 5.74) is 2.88. The fourth-order valence-corrected chi connectivity index (χ4v) is 3.16. The van der Waals surface area contributed by atoms with Crippen LogP contribution >= 0.6 is 11.6 Å². The predicted octanol–water partition coefficient (Wildman–Crippen LogP) is 3.32. The molecule has 1 aliphatic rings. The van der Waals surface area contributed by atoms with Gasteiger partial charge in [-0.3, -0.25) is 9.59 Å². The fraction of sp³-hybridized carbons (Fsp3) is 0.263. The van der Waals surface area contributed by atoms with Crippen LogP contribution in [-0.4, -0.2) is 18.4 Å². The average Bonchev–Trinajstić information content (AvgIpc) is 2.96. The van der Waals surface area contributed by atoms with Crippen molar-refractivity contribution in [2.24, 2.45) is 5.92 Å². The SMILES string of the molecule is Cc1ccccc1CNC(=O)C1CC(=O)N(c2ccccc2Cl)C1. The van der Waals surface area contributed by atoms with Gasteiger partial charge in [0.1, 0.15) is 0 Å². The molecule has 1 saturated heterocycles. The lowest BCUT2D eigenvalue weighted by molar-refractivity contribution is -0.126.